The van der Waals surface area contributed by atoms with Gasteiger partial charge in [-0.25, -0.2) is 18.0 Å². The molecule has 1 heterocycles. The Balaban J connectivity index is 2.17. The average Bonchev–Trinajstić information content (AvgIpc) is 2.38. The summed E-state index contributed by atoms with van der Waals surface area (Å²) in [6.07, 6.45) is -1.01. The first-order valence-corrected chi connectivity index (χ1v) is 6.51. The minimum atomic E-state index is -3.20. The number of carboxylic acid groups (broad SMARTS) is 1. The van der Waals surface area contributed by atoms with Crippen molar-refractivity contribution in [2.45, 2.75) is 18.8 Å². The predicted octanol–water partition coefficient (Wildman–Crippen LogP) is 3.96. The maximum Gasteiger partial charge on any atom is 0.407 e. The van der Waals surface area contributed by atoms with Gasteiger partial charge < -0.3 is 10.0 Å². The lowest BCUT2D eigenvalue weighted by Gasteiger charge is -2.35. The highest BCUT2D eigenvalue weighted by molar-refractivity contribution is 6.31. The van der Waals surface area contributed by atoms with Crippen molar-refractivity contribution >= 4 is 17.7 Å². The number of nitrogens with zero attached hydrogens (tertiary/aromatic N) is 1. The van der Waals surface area contributed by atoms with Gasteiger partial charge in [-0.1, -0.05) is 11.6 Å². The molecule has 0 atom stereocenters. The van der Waals surface area contributed by atoms with Crippen LogP contribution in [0.25, 0.3) is 0 Å². The molecule has 1 N–H and O–H groups in total. The van der Waals surface area contributed by atoms with Crippen LogP contribution in [0, 0.1) is 11.7 Å². The molecular weight excluding hydrogens is 295 g/mol. The lowest BCUT2D eigenvalue weighted by Crippen LogP contribution is -2.42. The van der Waals surface area contributed by atoms with E-state index in [0.717, 1.165) is 23.1 Å². The smallest absolute Gasteiger partial charge is 0.407 e. The molecule has 0 radical (unpaired) electrons. The van der Waals surface area contributed by atoms with Crippen molar-refractivity contribution in [1.82, 2.24) is 4.90 Å². The summed E-state index contributed by atoms with van der Waals surface area (Å²) < 4.78 is 41.7. The van der Waals surface area contributed by atoms with E-state index in [9.17, 15) is 18.0 Å². The summed E-state index contributed by atoms with van der Waals surface area (Å²) in [6, 6.07) is 2.79. The van der Waals surface area contributed by atoms with Crippen molar-refractivity contribution in [2.75, 3.05) is 13.1 Å². The van der Waals surface area contributed by atoms with E-state index in [1.54, 1.807) is 0 Å². The Kier molecular flexibility index (Phi) is 4.13. The molecule has 1 fully saturated rings. The van der Waals surface area contributed by atoms with Gasteiger partial charge in [0.15, 0.2) is 0 Å². The molecule has 0 spiro atoms. The van der Waals surface area contributed by atoms with Gasteiger partial charge in [-0.3, -0.25) is 0 Å². The highest BCUT2D eigenvalue weighted by Gasteiger charge is 2.44. The number of benzene rings is 1. The van der Waals surface area contributed by atoms with Gasteiger partial charge >= 0.3 is 6.09 Å². The van der Waals surface area contributed by atoms with Crippen LogP contribution in [-0.2, 0) is 5.92 Å². The van der Waals surface area contributed by atoms with Crippen LogP contribution in [-0.4, -0.2) is 29.2 Å². The summed E-state index contributed by atoms with van der Waals surface area (Å²) in [4.78, 5) is 11.9. The lowest BCUT2D eigenvalue weighted by atomic mass is 9.86. The summed E-state index contributed by atoms with van der Waals surface area (Å²) in [5.74, 6) is -4.87. The number of rotatable bonds is 2. The molecule has 7 heteroatoms. The van der Waals surface area contributed by atoms with Gasteiger partial charge in [-0.05, 0) is 31.0 Å². The Morgan fingerprint density at radius 1 is 1.35 bits per heavy atom. The minimum absolute atomic E-state index is 0.0486. The van der Waals surface area contributed by atoms with Gasteiger partial charge in [0, 0.05) is 24.6 Å². The first kappa shape index (κ1) is 15.0. The Hall–Kier alpha value is -1.43. The molecule has 2 rings (SSSR count). The van der Waals surface area contributed by atoms with E-state index in [0.29, 0.717) is 0 Å². The zero-order chi connectivity index (χ0) is 14.9. The first-order valence-electron chi connectivity index (χ1n) is 6.13. The van der Waals surface area contributed by atoms with Crippen LogP contribution in [0.2, 0.25) is 5.02 Å². The Labute approximate surface area is 118 Å². The van der Waals surface area contributed by atoms with Gasteiger partial charge in [-0.15, -0.1) is 0 Å². The number of hydrogen-bond donors (Lipinski definition) is 1. The second-order valence-electron chi connectivity index (χ2n) is 4.79. The van der Waals surface area contributed by atoms with E-state index in [2.05, 4.69) is 0 Å². The van der Waals surface area contributed by atoms with Crippen molar-refractivity contribution in [2.24, 2.45) is 5.92 Å². The van der Waals surface area contributed by atoms with Crippen LogP contribution >= 0.6 is 11.6 Å². The fourth-order valence-electron chi connectivity index (χ4n) is 2.41. The second kappa shape index (κ2) is 5.52. The number of hydrogen-bond acceptors (Lipinski definition) is 1. The maximum absolute atomic E-state index is 14.4. The number of amides is 1. The van der Waals surface area contributed by atoms with Gasteiger partial charge in [0.25, 0.3) is 5.92 Å². The van der Waals surface area contributed by atoms with E-state index in [1.807, 2.05) is 0 Å². The summed E-state index contributed by atoms with van der Waals surface area (Å²) in [6.45, 7) is 0.128. The van der Waals surface area contributed by atoms with E-state index < -0.39 is 29.3 Å². The molecule has 1 saturated heterocycles. The van der Waals surface area contributed by atoms with E-state index >= 15 is 0 Å². The SMILES string of the molecule is O=C(O)N1CCC(C(F)(F)c2ccc(F)cc2Cl)CC1. The predicted molar refractivity (Wildman–Crippen MR) is 67.6 cm³/mol. The minimum Gasteiger partial charge on any atom is -0.465 e. The van der Waals surface area contributed by atoms with E-state index in [1.165, 1.54) is 0 Å². The molecule has 0 aliphatic carbocycles. The first-order chi connectivity index (χ1) is 9.32. The molecule has 20 heavy (non-hydrogen) atoms. The summed E-state index contributed by atoms with van der Waals surface area (Å²) in [5.41, 5.74) is -0.408. The third-order valence-electron chi connectivity index (χ3n) is 3.57. The summed E-state index contributed by atoms with van der Waals surface area (Å²) in [7, 11) is 0. The van der Waals surface area contributed by atoms with Crippen LogP contribution in [0.4, 0.5) is 18.0 Å². The Bertz CT molecular complexity index is 516. The topological polar surface area (TPSA) is 40.5 Å². The summed E-state index contributed by atoms with van der Waals surface area (Å²) >= 11 is 5.69. The van der Waals surface area contributed by atoms with Gasteiger partial charge in [0.05, 0.1) is 5.02 Å². The van der Waals surface area contributed by atoms with Crippen LogP contribution in [0.3, 0.4) is 0 Å². The van der Waals surface area contributed by atoms with Crippen molar-refractivity contribution < 1.29 is 23.1 Å². The van der Waals surface area contributed by atoms with Crippen molar-refractivity contribution in [3.63, 3.8) is 0 Å². The molecule has 1 amide bonds. The molecule has 110 valence electrons. The molecule has 0 bridgehead atoms. The van der Waals surface area contributed by atoms with E-state index in [-0.39, 0.29) is 31.0 Å². The van der Waals surface area contributed by atoms with Crippen LogP contribution < -0.4 is 0 Å². The third-order valence-corrected chi connectivity index (χ3v) is 3.88. The average molecular weight is 308 g/mol. The van der Waals surface area contributed by atoms with Crippen molar-refractivity contribution in [1.29, 1.82) is 0 Å². The van der Waals surface area contributed by atoms with Crippen LogP contribution in [0.15, 0.2) is 18.2 Å². The normalized spacial score (nSPS) is 17.3. The Morgan fingerprint density at radius 3 is 2.45 bits per heavy atom. The van der Waals surface area contributed by atoms with Crippen LogP contribution in [0.5, 0.6) is 0 Å². The number of halogens is 4. The van der Waals surface area contributed by atoms with Crippen molar-refractivity contribution in [3.8, 4) is 0 Å². The monoisotopic (exact) mass is 307 g/mol. The fourth-order valence-corrected chi connectivity index (χ4v) is 2.71. The number of likely N-dealkylation sites (tertiary alicyclic amines) is 1. The molecule has 1 aliphatic rings. The van der Waals surface area contributed by atoms with E-state index in [4.69, 9.17) is 16.7 Å². The third kappa shape index (κ3) is 2.85. The highest BCUT2D eigenvalue weighted by atomic mass is 35.5. The zero-order valence-electron chi connectivity index (χ0n) is 10.5. The van der Waals surface area contributed by atoms with Gasteiger partial charge in [0.1, 0.15) is 5.82 Å². The number of piperidine rings is 1. The highest BCUT2D eigenvalue weighted by Crippen LogP contribution is 2.44. The molecule has 0 saturated carbocycles. The second-order valence-corrected chi connectivity index (χ2v) is 5.20. The van der Waals surface area contributed by atoms with Crippen molar-refractivity contribution in [3.05, 3.63) is 34.6 Å². The zero-order valence-corrected chi connectivity index (χ0v) is 11.2. The standard InChI is InChI=1S/C13H13ClF3NO2/c14-11-7-9(15)1-2-10(11)13(16,17)8-3-5-18(6-4-8)12(19)20/h1-2,7-8H,3-6H2,(H,19,20). The van der Waals surface area contributed by atoms with Gasteiger partial charge in [0.2, 0.25) is 0 Å². The molecule has 0 aromatic heterocycles. The summed E-state index contributed by atoms with van der Waals surface area (Å²) in [5, 5.41) is 8.49. The molecule has 1 aliphatic heterocycles. The fraction of sp³-hybridized carbons (Fsp3) is 0.462. The number of carbonyl (C=O) groups is 1. The van der Waals surface area contributed by atoms with Crippen LogP contribution in [0.1, 0.15) is 18.4 Å². The molecular formula is C13H13ClF3NO2. The molecule has 1 aromatic rings. The largest absolute Gasteiger partial charge is 0.465 e. The molecule has 0 unspecified atom stereocenters. The van der Waals surface area contributed by atoms with Gasteiger partial charge in [-0.2, -0.15) is 0 Å². The maximum atomic E-state index is 14.4. The Morgan fingerprint density at radius 2 is 1.95 bits per heavy atom. The lowest BCUT2D eigenvalue weighted by molar-refractivity contribution is -0.0835. The molecule has 3 nitrogen and oxygen atoms in total. The number of alkyl halides is 2. The molecule has 1 aromatic carbocycles. The quantitative estimate of drug-likeness (QED) is 0.898.